The largest absolute Gasteiger partial charge is 0.497 e. The number of hydrogen-bond acceptors (Lipinski definition) is 5. The molecule has 1 N–H and O–H groups in total. The Morgan fingerprint density at radius 3 is 2.57 bits per heavy atom. The van der Waals surface area contributed by atoms with Crippen molar-refractivity contribution in [2.75, 3.05) is 31.6 Å². The zero-order chi connectivity index (χ0) is 20.8. The average molecular weight is 404 g/mol. The minimum absolute atomic E-state index is 0.525. The Bertz CT molecular complexity index is 938. The molecule has 2 heterocycles. The van der Waals surface area contributed by atoms with Gasteiger partial charge in [0.05, 0.1) is 12.8 Å². The molecule has 0 amide bonds. The molecule has 0 aliphatic carbocycles. The number of hydrogen-bond donors (Lipinski definition) is 1. The molecule has 1 fully saturated rings. The number of methoxy groups -OCH3 is 1. The monoisotopic (exact) mass is 403 g/mol. The van der Waals surface area contributed by atoms with Crippen LogP contribution in [0.2, 0.25) is 0 Å². The number of aromatic nitrogens is 1. The standard InChI is InChI=1S/C25H29N3O2/c1-3-28(18-21-7-5-15-27-21)24-13-8-19(20-6-4-14-26-17-20)16-25(24)30-23-11-9-22(29-2)10-12-23/h4,6,8-14,16-17,21,27H,3,5,7,15,18H2,1-2H3. The summed E-state index contributed by atoms with van der Waals surface area (Å²) in [7, 11) is 1.67. The second kappa shape index (κ2) is 9.63. The summed E-state index contributed by atoms with van der Waals surface area (Å²) in [5, 5.41) is 3.61. The fourth-order valence-electron chi connectivity index (χ4n) is 3.92. The lowest BCUT2D eigenvalue weighted by molar-refractivity contribution is 0.413. The molecule has 156 valence electrons. The molecular formula is C25H29N3O2. The first-order chi connectivity index (χ1) is 14.8. The van der Waals surface area contributed by atoms with Gasteiger partial charge in [-0.05, 0) is 74.3 Å². The van der Waals surface area contributed by atoms with Gasteiger partial charge in [-0.15, -0.1) is 0 Å². The highest BCUT2D eigenvalue weighted by atomic mass is 16.5. The van der Waals surface area contributed by atoms with E-state index < -0.39 is 0 Å². The molecule has 1 atom stereocenters. The first-order valence-corrected chi connectivity index (χ1v) is 10.6. The molecule has 2 aromatic carbocycles. The highest BCUT2D eigenvalue weighted by Gasteiger charge is 2.20. The number of nitrogens with zero attached hydrogens (tertiary/aromatic N) is 2. The summed E-state index contributed by atoms with van der Waals surface area (Å²) in [4.78, 5) is 6.66. The van der Waals surface area contributed by atoms with Crippen LogP contribution in [-0.2, 0) is 0 Å². The van der Waals surface area contributed by atoms with E-state index in [1.54, 1.807) is 13.3 Å². The lowest BCUT2D eigenvalue weighted by Gasteiger charge is -2.28. The number of anilines is 1. The molecular weight excluding hydrogens is 374 g/mol. The van der Waals surface area contributed by atoms with Gasteiger partial charge in [-0.25, -0.2) is 0 Å². The van der Waals surface area contributed by atoms with Crippen LogP contribution in [0.25, 0.3) is 11.1 Å². The molecule has 5 nitrogen and oxygen atoms in total. The lowest BCUT2D eigenvalue weighted by atomic mass is 10.1. The van der Waals surface area contributed by atoms with Crippen molar-refractivity contribution < 1.29 is 9.47 Å². The predicted molar refractivity (Wildman–Crippen MR) is 122 cm³/mol. The summed E-state index contributed by atoms with van der Waals surface area (Å²) in [6, 6.07) is 18.7. The SMILES string of the molecule is CCN(CC1CCCN1)c1ccc(-c2cccnc2)cc1Oc1ccc(OC)cc1. The quantitative estimate of drug-likeness (QED) is 0.565. The molecule has 1 aromatic heterocycles. The Labute approximate surface area is 178 Å². The molecule has 5 heteroatoms. The van der Waals surface area contributed by atoms with Crippen molar-refractivity contribution in [1.29, 1.82) is 0 Å². The highest BCUT2D eigenvalue weighted by molar-refractivity contribution is 5.71. The molecule has 30 heavy (non-hydrogen) atoms. The average Bonchev–Trinajstić information content (AvgIpc) is 3.32. The van der Waals surface area contributed by atoms with Gasteiger partial charge < -0.3 is 19.7 Å². The maximum atomic E-state index is 6.38. The Morgan fingerprint density at radius 2 is 1.90 bits per heavy atom. The van der Waals surface area contributed by atoms with Gasteiger partial charge >= 0.3 is 0 Å². The third-order valence-corrected chi connectivity index (χ3v) is 5.57. The van der Waals surface area contributed by atoms with E-state index in [1.165, 1.54) is 12.8 Å². The Hall–Kier alpha value is -3.05. The van der Waals surface area contributed by atoms with Crippen LogP contribution in [0.15, 0.2) is 67.0 Å². The smallest absolute Gasteiger partial charge is 0.151 e. The summed E-state index contributed by atoms with van der Waals surface area (Å²) in [5.74, 6) is 2.45. The summed E-state index contributed by atoms with van der Waals surface area (Å²) in [6.45, 7) is 5.20. The van der Waals surface area contributed by atoms with Gasteiger partial charge in [0, 0.05) is 37.1 Å². The van der Waals surface area contributed by atoms with Gasteiger partial charge in [0.15, 0.2) is 5.75 Å². The van der Waals surface area contributed by atoms with Crippen molar-refractivity contribution >= 4 is 5.69 Å². The fraction of sp³-hybridized carbons (Fsp3) is 0.320. The van der Waals surface area contributed by atoms with Crippen molar-refractivity contribution in [2.45, 2.75) is 25.8 Å². The summed E-state index contributed by atoms with van der Waals surface area (Å²) in [6.07, 6.45) is 6.14. The zero-order valence-electron chi connectivity index (χ0n) is 17.7. The predicted octanol–water partition coefficient (Wildman–Crippen LogP) is 5.13. The molecule has 0 radical (unpaired) electrons. The molecule has 0 spiro atoms. The van der Waals surface area contributed by atoms with Gasteiger partial charge in [0.1, 0.15) is 11.5 Å². The summed E-state index contributed by atoms with van der Waals surface area (Å²) in [5.41, 5.74) is 3.27. The van der Waals surface area contributed by atoms with E-state index in [2.05, 4.69) is 46.4 Å². The van der Waals surface area contributed by atoms with E-state index in [9.17, 15) is 0 Å². The number of ether oxygens (including phenoxy) is 2. The summed E-state index contributed by atoms with van der Waals surface area (Å²) >= 11 is 0. The van der Waals surface area contributed by atoms with Crippen LogP contribution < -0.4 is 19.7 Å². The zero-order valence-corrected chi connectivity index (χ0v) is 17.7. The first-order valence-electron chi connectivity index (χ1n) is 10.6. The van der Waals surface area contributed by atoms with Crippen LogP contribution in [0.3, 0.4) is 0 Å². The van der Waals surface area contributed by atoms with E-state index in [0.717, 1.165) is 53.7 Å². The van der Waals surface area contributed by atoms with E-state index in [0.29, 0.717) is 6.04 Å². The van der Waals surface area contributed by atoms with Crippen LogP contribution in [-0.4, -0.2) is 37.8 Å². The number of benzene rings is 2. The molecule has 0 bridgehead atoms. The molecule has 0 saturated carbocycles. The topological polar surface area (TPSA) is 46.6 Å². The van der Waals surface area contributed by atoms with E-state index in [1.807, 2.05) is 36.5 Å². The maximum absolute atomic E-state index is 6.38. The fourth-order valence-corrected chi connectivity index (χ4v) is 3.92. The summed E-state index contributed by atoms with van der Waals surface area (Å²) < 4.78 is 11.7. The minimum atomic E-state index is 0.525. The number of rotatable bonds is 8. The van der Waals surface area contributed by atoms with E-state index in [-0.39, 0.29) is 0 Å². The van der Waals surface area contributed by atoms with Gasteiger partial charge in [0.2, 0.25) is 0 Å². The molecule has 1 unspecified atom stereocenters. The number of likely N-dealkylation sites (N-methyl/N-ethyl adjacent to an activating group) is 1. The van der Waals surface area contributed by atoms with Crippen LogP contribution >= 0.6 is 0 Å². The number of nitrogens with one attached hydrogen (secondary N) is 1. The first kappa shape index (κ1) is 20.2. The van der Waals surface area contributed by atoms with Crippen molar-refractivity contribution in [2.24, 2.45) is 0 Å². The van der Waals surface area contributed by atoms with E-state index in [4.69, 9.17) is 9.47 Å². The van der Waals surface area contributed by atoms with Crippen LogP contribution in [0, 0.1) is 0 Å². The Balaban J connectivity index is 1.67. The van der Waals surface area contributed by atoms with Gasteiger partial charge in [0.25, 0.3) is 0 Å². The van der Waals surface area contributed by atoms with Gasteiger partial charge in [-0.3, -0.25) is 4.98 Å². The Kier molecular flexibility index (Phi) is 6.50. The molecule has 4 rings (SSSR count). The lowest BCUT2D eigenvalue weighted by Crippen LogP contribution is -2.37. The van der Waals surface area contributed by atoms with Gasteiger partial charge in [-0.2, -0.15) is 0 Å². The third-order valence-electron chi connectivity index (χ3n) is 5.57. The molecule has 1 aliphatic rings. The minimum Gasteiger partial charge on any atom is -0.497 e. The van der Waals surface area contributed by atoms with Crippen molar-refractivity contribution in [3.05, 3.63) is 67.0 Å². The number of pyridine rings is 1. The van der Waals surface area contributed by atoms with Gasteiger partial charge in [-0.1, -0.05) is 12.1 Å². The van der Waals surface area contributed by atoms with Crippen LogP contribution in [0.1, 0.15) is 19.8 Å². The third kappa shape index (κ3) is 4.74. The van der Waals surface area contributed by atoms with Crippen molar-refractivity contribution in [3.63, 3.8) is 0 Å². The van der Waals surface area contributed by atoms with Crippen LogP contribution in [0.5, 0.6) is 17.2 Å². The normalized spacial score (nSPS) is 15.7. The van der Waals surface area contributed by atoms with Crippen LogP contribution in [0.4, 0.5) is 5.69 Å². The maximum Gasteiger partial charge on any atom is 0.151 e. The second-order valence-electron chi connectivity index (χ2n) is 7.53. The molecule has 1 aliphatic heterocycles. The van der Waals surface area contributed by atoms with Crippen molar-refractivity contribution in [1.82, 2.24) is 10.3 Å². The van der Waals surface area contributed by atoms with Crippen molar-refractivity contribution in [3.8, 4) is 28.4 Å². The highest BCUT2D eigenvalue weighted by Crippen LogP contribution is 2.37. The second-order valence-corrected chi connectivity index (χ2v) is 7.53. The Morgan fingerprint density at radius 1 is 1.07 bits per heavy atom. The molecule has 3 aromatic rings. The van der Waals surface area contributed by atoms with E-state index >= 15 is 0 Å². The molecule has 1 saturated heterocycles.